The minimum atomic E-state index is -0.901. The van der Waals surface area contributed by atoms with Gasteiger partial charge in [-0.3, -0.25) is 0 Å². The van der Waals surface area contributed by atoms with E-state index < -0.39 is 5.97 Å². The number of fused-ring (bicyclic) bond motifs is 1. The summed E-state index contributed by atoms with van der Waals surface area (Å²) in [6, 6.07) is 13.6. The summed E-state index contributed by atoms with van der Waals surface area (Å²) >= 11 is 0. The molecule has 0 amide bonds. The fraction of sp³-hybridized carbons (Fsp3) is 0.321. The van der Waals surface area contributed by atoms with E-state index in [9.17, 15) is 4.79 Å². The molecule has 0 aromatic heterocycles. The molecule has 2 nitrogen and oxygen atoms in total. The average Bonchev–Trinajstić information content (AvgIpc) is 2.72. The first-order valence-corrected chi connectivity index (χ1v) is 10.7. The van der Waals surface area contributed by atoms with Crippen LogP contribution in [0.4, 0.5) is 0 Å². The number of carboxylic acids is 1. The van der Waals surface area contributed by atoms with Gasteiger partial charge in [0.25, 0.3) is 0 Å². The number of hydrogen-bond donors (Lipinski definition) is 1. The molecule has 0 fully saturated rings. The van der Waals surface area contributed by atoms with Gasteiger partial charge in [0.15, 0.2) is 0 Å². The molecule has 30 heavy (non-hydrogen) atoms. The first-order valence-electron chi connectivity index (χ1n) is 10.7. The quantitative estimate of drug-likeness (QED) is 0.507. The smallest absolute Gasteiger partial charge is 0.335 e. The molecule has 1 aliphatic carbocycles. The minimum absolute atomic E-state index is 0.127. The van der Waals surface area contributed by atoms with Crippen LogP contribution in [0.5, 0.6) is 0 Å². The molecular weight excluding hydrogens is 368 g/mol. The second-order valence-electron chi connectivity index (χ2n) is 9.49. The van der Waals surface area contributed by atoms with E-state index in [4.69, 9.17) is 5.11 Å². The topological polar surface area (TPSA) is 37.3 Å². The molecule has 0 atom stereocenters. The Morgan fingerprint density at radius 1 is 1.03 bits per heavy atom. The third-order valence-electron chi connectivity index (χ3n) is 6.17. The normalized spacial score (nSPS) is 16.0. The molecule has 0 unspecified atom stereocenters. The van der Waals surface area contributed by atoms with Crippen LogP contribution in [0.2, 0.25) is 0 Å². The number of rotatable bonds is 6. The Hall–Kier alpha value is -2.87. The van der Waals surface area contributed by atoms with Gasteiger partial charge in [-0.05, 0) is 69.7 Å². The molecule has 1 aliphatic rings. The second kappa shape index (κ2) is 8.47. The maximum absolute atomic E-state index is 11.0. The molecule has 1 N–H and O–H groups in total. The number of carboxylic acid groups (broad SMARTS) is 1. The molecule has 2 aromatic carbocycles. The average molecular weight is 401 g/mol. The van der Waals surface area contributed by atoms with E-state index in [1.165, 1.54) is 16.7 Å². The van der Waals surface area contributed by atoms with Crippen LogP contribution in [-0.4, -0.2) is 11.1 Å². The Morgan fingerprint density at radius 2 is 1.67 bits per heavy atom. The van der Waals surface area contributed by atoms with Crippen LogP contribution in [0.15, 0.2) is 60.7 Å². The van der Waals surface area contributed by atoms with Gasteiger partial charge < -0.3 is 5.11 Å². The van der Waals surface area contributed by atoms with Gasteiger partial charge in [-0.25, -0.2) is 4.79 Å². The van der Waals surface area contributed by atoms with Crippen molar-refractivity contribution in [2.75, 3.05) is 0 Å². The highest BCUT2D eigenvalue weighted by atomic mass is 16.4. The number of benzene rings is 2. The van der Waals surface area contributed by atoms with Crippen LogP contribution in [0.3, 0.4) is 0 Å². The van der Waals surface area contributed by atoms with Gasteiger partial charge in [-0.15, -0.1) is 0 Å². The Bertz CT molecular complexity index is 1020. The lowest BCUT2D eigenvalue weighted by Gasteiger charge is -2.32. The highest BCUT2D eigenvalue weighted by Crippen LogP contribution is 2.40. The summed E-state index contributed by atoms with van der Waals surface area (Å²) in [4.78, 5) is 11.0. The summed E-state index contributed by atoms with van der Waals surface area (Å²) in [5, 5.41) is 9.04. The van der Waals surface area contributed by atoms with Crippen LogP contribution in [0.1, 0.15) is 80.1 Å². The summed E-state index contributed by atoms with van der Waals surface area (Å²) in [5.41, 5.74) is 6.74. The Labute approximate surface area is 180 Å². The van der Waals surface area contributed by atoms with Crippen LogP contribution >= 0.6 is 0 Å². The van der Waals surface area contributed by atoms with E-state index in [1.54, 1.807) is 12.1 Å². The summed E-state index contributed by atoms with van der Waals surface area (Å²) in [7, 11) is 0. The van der Waals surface area contributed by atoms with E-state index in [0.29, 0.717) is 5.56 Å². The van der Waals surface area contributed by atoms with Crippen LogP contribution in [0.25, 0.3) is 17.7 Å². The second-order valence-corrected chi connectivity index (χ2v) is 9.49. The molecule has 2 heteroatoms. The zero-order chi connectivity index (χ0) is 21.9. The van der Waals surface area contributed by atoms with E-state index in [2.05, 4.69) is 77.1 Å². The predicted octanol–water partition coefficient (Wildman–Crippen LogP) is 7.61. The lowest BCUT2D eigenvalue weighted by molar-refractivity contribution is 0.0697. The highest BCUT2D eigenvalue weighted by molar-refractivity contribution is 5.88. The lowest BCUT2D eigenvalue weighted by atomic mass is 9.72. The predicted molar refractivity (Wildman–Crippen MR) is 128 cm³/mol. The van der Waals surface area contributed by atoms with Crippen molar-refractivity contribution in [2.24, 2.45) is 5.41 Å². The highest BCUT2D eigenvalue weighted by Gasteiger charge is 2.27. The van der Waals surface area contributed by atoms with Crippen molar-refractivity contribution < 1.29 is 9.90 Å². The summed E-state index contributed by atoms with van der Waals surface area (Å²) < 4.78 is 0. The monoisotopic (exact) mass is 400 g/mol. The minimum Gasteiger partial charge on any atom is -0.478 e. The van der Waals surface area contributed by atoms with Crippen LogP contribution in [0, 0.1) is 5.41 Å². The molecule has 3 rings (SSSR count). The van der Waals surface area contributed by atoms with Crippen molar-refractivity contribution in [3.8, 4) is 0 Å². The van der Waals surface area contributed by atoms with Crippen LogP contribution in [-0.2, 0) is 5.41 Å². The van der Waals surface area contributed by atoms with Crippen molar-refractivity contribution >= 4 is 23.7 Å². The summed E-state index contributed by atoms with van der Waals surface area (Å²) in [6.45, 7) is 11.4. The number of carbonyl (C=O) groups is 1. The fourth-order valence-corrected chi connectivity index (χ4v) is 3.60. The molecule has 0 saturated carbocycles. The zero-order valence-electron chi connectivity index (χ0n) is 18.7. The number of aromatic carboxylic acids is 1. The van der Waals surface area contributed by atoms with Crippen molar-refractivity contribution in [3.05, 3.63) is 88.5 Å². The molecule has 0 bridgehead atoms. The molecule has 0 radical (unpaired) electrons. The van der Waals surface area contributed by atoms with Gasteiger partial charge in [0.2, 0.25) is 0 Å². The molecule has 2 aromatic rings. The van der Waals surface area contributed by atoms with Crippen molar-refractivity contribution in [1.82, 2.24) is 0 Å². The Morgan fingerprint density at radius 3 is 2.30 bits per heavy atom. The Kier molecular flexibility index (Phi) is 6.17. The van der Waals surface area contributed by atoms with Gasteiger partial charge in [0.1, 0.15) is 0 Å². The van der Waals surface area contributed by atoms with E-state index in [-0.39, 0.29) is 10.8 Å². The van der Waals surface area contributed by atoms with Crippen molar-refractivity contribution in [1.29, 1.82) is 0 Å². The molecular formula is C28H32O2. The standard InChI is InChI=1S/C28H32O2/c1-6-27(2,3)17-15-22-16-18-28(4,5)25-14-11-21(19-24(22)25)8-7-20-9-12-23(13-10-20)26(29)30/h7-17,19H,6,18H2,1-5H3,(H,29,30). The van der Waals surface area contributed by atoms with Crippen molar-refractivity contribution in [2.45, 2.75) is 52.9 Å². The van der Waals surface area contributed by atoms with Gasteiger partial charge in [0, 0.05) is 0 Å². The van der Waals surface area contributed by atoms with E-state index in [1.807, 2.05) is 18.2 Å². The SMILES string of the molecule is CCC(C)(C)C=CC1=CCC(C)(C)c2ccc(C=Cc3ccc(C(=O)O)cc3)cc21. The first kappa shape index (κ1) is 21.8. The lowest BCUT2D eigenvalue weighted by Crippen LogP contribution is -2.21. The van der Waals surface area contributed by atoms with E-state index >= 15 is 0 Å². The van der Waals surface area contributed by atoms with Gasteiger partial charge in [-0.2, -0.15) is 0 Å². The molecule has 0 heterocycles. The number of hydrogen-bond acceptors (Lipinski definition) is 1. The Balaban J connectivity index is 1.92. The fourth-order valence-electron chi connectivity index (χ4n) is 3.60. The van der Waals surface area contributed by atoms with Gasteiger partial charge in [0.05, 0.1) is 5.56 Å². The zero-order valence-corrected chi connectivity index (χ0v) is 18.7. The van der Waals surface area contributed by atoms with E-state index in [0.717, 1.165) is 24.0 Å². The third kappa shape index (κ3) is 4.99. The summed E-state index contributed by atoms with van der Waals surface area (Å²) in [6.07, 6.45) is 13.2. The molecule has 0 aliphatic heterocycles. The number of allylic oxidation sites excluding steroid dienone is 4. The maximum Gasteiger partial charge on any atom is 0.335 e. The first-order chi connectivity index (χ1) is 14.1. The van der Waals surface area contributed by atoms with Crippen LogP contribution < -0.4 is 0 Å². The van der Waals surface area contributed by atoms with Crippen molar-refractivity contribution in [3.63, 3.8) is 0 Å². The van der Waals surface area contributed by atoms with Gasteiger partial charge in [-0.1, -0.05) is 89.3 Å². The van der Waals surface area contributed by atoms with Gasteiger partial charge >= 0.3 is 5.97 Å². The molecule has 0 spiro atoms. The maximum atomic E-state index is 11.0. The molecule has 156 valence electrons. The molecule has 0 saturated heterocycles. The summed E-state index contributed by atoms with van der Waals surface area (Å²) in [5.74, 6) is -0.901. The third-order valence-corrected chi connectivity index (χ3v) is 6.17. The largest absolute Gasteiger partial charge is 0.478 e.